The maximum Gasteiger partial charge on any atom is 0.165 e. The monoisotopic (exact) mass is 272 g/mol. The summed E-state index contributed by atoms with van der Waals surface area (Å²) in [6, 6.07) is 10.3. The van der Waals surface area contributed by atoms with Crippen LogP contribution in [0.25, 0.3) is 11.2 Å². The van der Waals surface area contributed by atoms with Crippen LogP contribution in [-0.4, -0.2) is 19.5 Å². The summed E-state index contributed by atoms with van der Waals surface area (Å²) in [5.41, 5.74) is 2.76. The molecule has 1 aromatic carbocycles. The van der Waals surface area contributed by atoms with Crippen molar-refractivity contribution < 1.29 is 0 Å². The van der Waals surface area contributed by atoms with Gasteiger partial charge in [0.25, 0.3) is 0 Å². The van der Waals surface area contributed by atoms with E-state index in [0.717, 1.165) is 18.6 Å². The van der Waals surface area contributed by atoms with Crippen LogP contribution >= 0.6 is 11.6 Å². The zero-order valence-corrected chi connectivity index (χ0v) is 11.3. The van der Waals surface area contributed by atoms with Gasteiger partial charge in [0.05, 0.1) is 6.33 Å². The number of benzene rings is 1. The number of rotatable bonds is 3. The third-order valence-electron chi connectivity index (χ3n) is 3.02. The Morgan fingerprint density at radius 1 is 1.16 bits per heavy atom. The second kappa shape index (κ2) is 4.97. The predicted octanol–water partition coefficient (Wildman–Crippen LogP) is 3.03. The van der Waals surface area contributed by atoms with Crippen molar-refractivity contribution in [3.05, 3.63) is 53.2 Å². The lowest BCUT2D eigenvalue weighted by molar-refractivity contribution is 0.708. The SMILES string of the molecule is Cc1nc(Cl)c2ncn(CCc3ccccc3)c2n1. The summed E-state index contributed by atoms with van der Waals surface area (Å²) in [5.74, 6) is 0.666. The van der Waals surface area contributed by atoms with E-state index in [1.165, 1.54) is 5.56 Å². The zero-order valence-electron chi connectivity index (χ0n) is 10.5. The van der Waals surface area contributed by atoms with E-state index in [-0.39, 0.29) is 0 Å². The van der Waals surface area contributed by atoms with Crippen LogP contribution in [0.3, 0.4) is 0 Å². The summed E-state index contributed by atoms with van der Waals surface area (Å²) in [5, 5.41) is 0.418. The third-order valence-corrected chi connectivity index (χ3v) is 3.28. The summed E-state index contributed by atoms with van der Waals surface area (Å²) in [4.78, 5) is 12.8. The predicted molar refractivity (Wildman–Crippen MR) is 75.2 cm³/mol. The molecule has 3 aromatic rings. The molecule has 19 heavy (non-hydrogen) atoms. The number of fused-ring (bicyclic) bond motifs is 1. The molecule has 0 unspecified atom stereocenters. The average Bonchev–Trinajstić information content (AvgIpc) is 2.81. The molecule has 0 N–H and O–H groups in total. The minimum atomic E-state index is 0.418. The van der Waals surface area contributed by atoms with E-state index in [9.17, 15) is 0 Å². The molecule has 0 fully saturated rings. The van der Waals surface area contributed by atoms with Gasteiger partial charge in [-0.25, -0.2) is 15.0 Å². The normalized spacial score (nSPS) is 11.1. The van der Waals surface area contributed by atoms with Crippen molar-refractivity contribution in [3.8, 4) is 0 Å². The number of halogens is 1. The van der Waals surface area contributed by atoms with E-state index in [2.05, 4.69) is 27.1 Å². The first-order chi connectivity index (χ1) is 9.24. The average molecular weight is 273 g/mol. The Morgan fingerprint density at radius 3 is 2.74 bits per heavy atom. The molecule has 0 amide bonds. The first kappa shape index (κ1) is 12.1. The fraction of sp³-hybridized carbons (Fsp3) is 0.214. The Kier molecular flexibility index (Phi) is 3.17. The molecule has 0 saturated heterocycles. The van der Waals surface area contributed by atoms with Gasteiger partial charge in [0.15, 0.2) is 10.8 Å². The van der Waals surface area contributed by atoms with Crippen molar-refractivity contribution in [2.75, 3.05) is 0 Å². The summed E-state index contributed by atoms with van der Waals surface area (Å²) < 4.78 is 2.02. The van der Waals surface area contributed by atoms with Gasteiger partial charge in [-0.3, -0.25) is 0 Å². The number of imidazole rings is 1. The summed E-state index contributed by atoms with van der Waals surface area (Å²) in [7, 11) is 0. The summed E-state index contributed by atoms with van der Waals surface area (Å²) in [6.45, 7) is 2.66. The van der Waals surface area contributed by atoms with Crippen molar-refractivity contribution >= 4 is 22.8 Å². The highest BCUT2D eigenvalue weighted by atomic mass is 35.5. The lowest BCUT2D eigenvalue weighted by atomic mass is 10.1. The van der Waals surface area contributed by atoms with Crippen LogP contribution in [0.5, 0.6) is 0 Å². The zero-order chi connectivity index (χ0) is 13.2. The van der Waals surface area contributed by atoms with Gasteiger partial charge >= 0.3 is 0 Å². The standard InChI is InChI=1S/C14H13ClN4/c1-10-17-13(15)12-14(18-10)19(9-16-12)8-7-11-5-3-2-4-6-11/h2-6,9H,7-8H2,1H3. The minimum absolute atomic E-state index is 0.418. The fourth-order valence-electron chi connectivity index (χ4n) is 2.07. The lowest BCUT2D eigenvalue weighted by Gasteiger charge is -2.04. The van der Waals surface area contributed by atoms with Crippen molar-refractivity contribution in [1.29, 1.82) is 0 Å². The second-order valence-electron chi connectivity index (χ2n) is 4.41. The molecule has 4 nitrogen and oxygen atoms in total. The van der Waals surface area contributed by atoms with E-state index in [1.807, 2.05) is 29.7 Å². The van der Waals surface area contributed by atoms with Crippen LogP contribution < -0.4 is 0 Å². The molecule has 3 rings (SSSR count). The summed E-state index contributed by atoms with van der Waals surface area (Å²) in [6.07, 6.45) is 2.71. The highest BCUT2D eigenvalue weighted by Gasteiger charge is 2.09. The number of aromatic nitrogens is 4. The van der Waals surface area contributed by atoms with Gasteiger partial charge in [-0.15, -0.1) is 0 Å². The molecule has 0 radical (unpaired) electrons. The van der Waals surface area contributed by atoms with Gasteiger partial charge in [0, 0.05) is 6.54 Å². The molecule has 0 spiro atoms. The van der Waals surface area contributed by atoms with Gasteiger partial charge < -0.3 is 4.57 Å². The van der Waals surface area contributed by atoms with Crippen LogP contribution in [0, 0.1) is 6.92 Å². The molecule has 0 aliphatic carbocycles. The quantitative estimate of drug-likeness (QED) is 0.689. The van der Waals surface area contributed by atoms with Gasteiger partial charge in [-0.1, -0.05) is 41.9 Å². The van der Waals surface area contributed by atoms with Crippen LogP contribution in [-0.2, 0) is 13.0 Å². The number of aryl methyl sites for hydroxylation is 3. The Bertz CT molecular complexity index is 706. The topological polar surface area (TPSA) is 43.6 Å². The van der Waals surface area contributed by atoms with Crippen LogP contribution in [0.2, 0.25) is 5.15 Å². The van der Waals surface area contributed by atoms with E-state index in [0.29, 0.717) is 16.5 Å². The molecule has 2 heterocycles. The first-order valence-corrected chi connectivity index (χ1v) is 6.51. The van der Waals surface area contributed by atoms with E-state index in [4.69, 9.17) is 11.6 Å². The van der Waals surface area contributed by atoms with E-state index in [1.54, 1.807) is 6.33 Å². The fourth-order valence-corrected chi connectivity index (χ4v) is 2.33. The van der Waals surface area contributed by atoms with Gasteiger partial charge in [-0.2, -0.15) is 0 Å². The summed E-state index contributed by atoms with van der Waals surface area (Å²) >= 11 is 6.07. The molecule has 0 aliphatic heterocycles. The largest absolute Gasteiger partial charge is 0.315 e. The van der Waals surface area contributed by atoms with Gasteiger partial charge in [-0.05, 0) is 18.9 Å². The lowest BCUT2D eigenvalue weighted by Crippen LogP contribution is -2.02. The number of hydrogen-bond acceptors (Lipinski definition) is 3. The first-order valence-electron chi connectivity index (χ1n) is 6.13. The van der Waals surface area contributed by atoms with Gasteiger partial charge in [0.1, 0.15) is 11.3 Å². The Hall–Kier alpha value is -1.94. The molecule has 96 valence electrons. The molecule has 0 bridgehead atoms. The van der Waals surface area contributed by atoms with E-state index >= 15 is 0 Å². The van der Waals surface area contributed by atoms with Crippen molar-refractivity contribution in [3.63, 3.8) is 0 Å². The molecule has 0 atom stereocenters. The smallest absolute Gasteiger partial charge is 0.165 e. The van der Waals surface area contributed by atoms with Crippen molar-refractivity contribution in [2.45, 2.75) is 19.9 Å². The van der Waals surface area contributed by atoms with Crippen molar-refractivity contribution in [2.24, 2.45) is 0 Å². The van der Waals surface area contributed by atoms with Crippen molar-refractivity contribution in [1.82, 2.24) is 19.5 Å². The molecular weight excluding hydrogens is 260 g/mol. The molecule has 0 saturated carbocycles. The second-order valence-corrected chi connectivity index (χ2v) is 4.77. The highest BCUT2D eigenvalue weighted by molar-refractivity contribution is 6.33. The minimum Gasteiger partial charge on any atom is -0.315 e. The molecule has 5 heteroatoms. The van der Waals surface area contributed by atoms with Crippen LogP contribution in [0.4, 0.5) is 0 Å². The Morgan fingerprint density at radius 2 is 1.95 bits per heavy atom. The maximum absolute atomic E-state index is 6.07. The number of nitrogens with zero attached hydrogens (tertiary/aromatic N) is 4. The molecular formula is C14H13ClN4. The molecule has 2 aromatic heterocycles. The number of hydrogen-bond donors (Lipinski definition) is 0. The highest BCUT2D eigenvalue weighted by Crippen LogP contribution is 2.18. The van der Waals surface area contributed by atoms with Gasteiger partial charge in [0.2, 0.25) is 0 Å². The Labute approximate surface area is 116 Å². The van der Waals surface area contributed by atoms with E-state index < -0.39 is 0 Å². The maximum atomic E-state index is 6.07. The third kappa shape index (κ3) is 2.44. The Balaban J connectivity index is 1.89. The van der Waals surface area contributed by atoms with Crippen LogP contribution in [0.1, 0.15) is 11.4 Å². The molecule has 0 aliphatic rings. The van der Waals surface area contributed by atoms with Crippen LogP contribution in [0.15, 0.2) is 36.7 Å².